The molecule has 1 atom stereocenters. The van der Waals surface area contributed by atoms with E-state index in [-0.39, 0.29) is 12.3 Å². The van der Waals surface area contributed by atoms with Gasteiger partial charge in [0.15, 0.2) is 17.3 Å². The highest BCUT2D eigenvalue weighted by Gasteiger charge is 2.51. The van der Waals surface area contributed by atoms with Crippen LogP contribution in [0.3, 0.4) is 0 Å². The van der Waals surface area contributed by atoms with E-state index in [0.29, 0.717) is 34.8 Å². The van der Waals surface area contributed by atoms with E-state index in [4.69, 9.17) is 14.2 Å². The smallest absolute Gasteiger partial charge is 0.325 e. The number of rotatable bonds is 8. The molecule has 30 heavy (non-hydrogen) atoms. The topological polar surface area (TPSA) is 94.2 Å². The summed E-state index contributed by atoms with van der Waals surface area (Å²) in [5.41, 5.74) is -0.279. The van der Waals surface area contributed by atoms with Gasteiger partial charge in [-0.15, -0.1) is 0 Å². The maximum atomic E-state index is 13.2. The molecular formula is C22H24N2O6. The highest BCUT2D eigenvalue weighted by Crippen LogP contribution is 2.34. The quantitative estimate of drug-likeness (QED) is 0.529. The zero-order valence-corrected chi connectivity index (χ0v) is 17.4. The van der Waals surface area contributed by atoms with Gasteiger partial charge in [-0.2, -0.15) is 0 Å². The van der Waals surface area contributed by atoms with Crippen LogP contribution >= 0.6 is 0 Å². The lowest BCUT2D eigenvalue weighted by atomic mass is 9.87. The predicted molar refractivity (Wildman–Crippen MR) is 109 cm³/mol. The van der Waals surface area contributed by atoms with Crippen molar-refractivity contribution in [2.45, 2.75) is 18.9 Å². The molecule has 2 aromatic carbocycles. The molecule has 1 fully saturated rings. The number of carbonyl (C=O) groups is 3. The van der Waals surface area contributed by atoms with Crippen LogP contribution in [0, 0.1) is 0 Å². The van der Waals surface area contributed by atoms with Crippen molar-refractivity contribution in [2.24, 2.45) is 0 Å². The molecule has 1 N–H and O–H groups in total. The Morgan fingerprint density at radius 2 is 1.63 bits per heavy atom. The summed E-state index contributed by atoms with van der Waals surface area (Å²) in [6, 6.07) is 11.0. The van der Waals surface area contributed by atoms with Crippen LogP contribution in [0.2, 0.25) is 0 Å². The minimum absolute atomic E-state index is 0.312. The maximum absolute atomic E-state index is 13.2. The normalized spacial score (nSPS) is 18.2. The van der Waals surface area contributed by atoms with Crippen molar-refractivity contribution in [2.75, 3.05) is 27.9 Å². The predicted octanol–water partition coefficient (Wildman–Crippen LogP) is 2.75. The first kappa shape index (κ1) is 21.2. The fourth-order valence-electron chi connectivity index (χ4n) is 3.53. The van der Waals surface area contributed by atoms with Crippen LogP contribution in [0.5, 0.6) is 17.2 Å². The molecule has 0 unspecified atom stereocenters. The second kappa shape index (κ2) is 8.44. The number of amides is 3. The molecule has 0 spiro atoms. The zero-order valence-electron chi connectivity index (χ0n) is 17.4. The molecule has 0 radical (unpaired) electrons. The minimum atomic E-state index is -1.22. The van der Waals surface area contributed by atoms with Gasteiger partial charge in [-0.3, -0.25) is 14.5 Å². The Hall–Kier alpha value is -3.55. The lowest BCUT2D eigenvalue weighted by Gasteiger charge is -2.26. The van der Waals surface area contributed by atoms with Gasteiger partial charge < -0.3 is 19.5 Å². The molecule has 8 nitrogen and oxygen atoms in total. The molecule has 0 aromatic heterocycles. The average molecular weight is 412 g/mol. The Labute approximate surface area is 174 Å². The summed E-state index contributed by atoms with van der Waals surface area (Å²) in [7, 11) is 4.51. The molecule has 0 aliphatic carbocycles. The molecule has 2 aromatic rings. The average Bonchev–Trinajstić information content (AvgIpc) is 3.03. The number of methoxy groups -OCH3 is 3. The van der Waals surface area contributed by atoms with E-state index in [0.717, 1.165) is 4.90 Å². The molecule has 1 aliphatic heterocycles. The molecule has 1 saturated heterocycles. The van der Waals surface area contributed by atoms with Gasteiger partial charge in [-0.1, -0.05) is 19.1 Å². The van der Waals surface area contributed by atoms with E-state index in [1.54, 1.807) is 43.5 Å². The monoisotopic (exact) mass is 412 g/mol. The van der Waals surface area contributed by atoms with Crippen LogP contribution in [0.4, 0.5) is 4.79 Å². The highest BCUT2D eigenvalue weighted by atomic mass is 16.5. The van der Waals surface area contributed by atoms with Crippen LogP contribution < -0.4 is 19.5 Å². The summed E-state index contributed by atoms with van der Waals surface area (Å²) < 4.78 is 15.5. The summed E-state index contributed by atoms with van der Waals surface area (Å²) in [6.45, 7) is 1.43. The molecule has 158 valence electrons. The largest absolute Gasteiger partial charge is 0.497 e. The van der Waals surface area contributed by atoms with E-state index >= 15 is 0 Å². The van der Waals surface area contributed by atoms with Crippen molar-refractivity contribution in [1.29, 1.82) is 0 Å². The summed E-state index contributed by atoms with van der Waals surface area (Å²) >= 11 is 0. The number of hydrogen-bond acceptors (Lipinski definition) is 6. The van der Waals surface area contributed by atoms with Gasteiger partial charge in [-0.25, -0.2) is 4.79 Å². The molecular weight excluding hydrogens is 388 g/mol. The third-order valence-corrected chi connectivity index (χ3v) is 5.30. The molecule has 3 amide bonds. The number of nitrogens with zero attached hydrogens (tertiary/aromatic N) is 1. The second-order valence-electron chi connectivity index (χ2n) is 6.80. The lowest BCUT2D eigenvalue weighted by Crippen LogP contribution is -2.43. The Morgan fingerprint density at radius 1 is 0.967 bits per heavy atom. The Kier molecular flexibility index (Phi) is 5.96. The number of Topliss-reactive ketones (excluding diaryl/α,β-unsaturated/α-hetero) is 1. The van der Waals surface area contributed by atoms with Gasteiger partial charge in [0.05, 0.1) is 27.9 Å². The van der Waals surface area contributed by atoms with Crippen molar-refractivity contribution in [3.8, 4) is 17.2 Å². The third-order valence-electron chi connectivity index (χ3n) is 5.30. The van der Waals surface area contributed by atoms with Gasteiger partial charge in [0.1, 0.15) is 11.3 Å². The number of nitrogens with one attached hydrogen (secondary N) is 1. The Balaban J connectivity index is 1.86. The second-order valence-corrected chi connectivity index (χ2v) is 6.80. The van der Waals surface area contributed by atoms with Crippen LogP contribution in [0.25, 0.3) is 0 Å². The number of benzene rings is 2. The SMILES string of the molecule is CC[C@]1(c2ccc(OC)cc2)NC(=O)N(CC(=O)c2ccc(OC)c(OC)c2)C1=O. The van der Waals surface area contributed by atoms with Crippen LogP contribution in [0.15, 0.2) is 42.5 Å². The fraction of sp³-hybridized carbons (Fsp3) is 0.318. The summed E-state index contributed by atoms with van der Waals surface area (Å²) in [4.78, 5) is 39.6. The highest BCUT2D eigenvalue weighted by molar-refractivity contribution is 6.11. The van der Waals surface area contributed by atoms with Crippen molar-refractivity contribution >= 4 is 17.7 Å². The number of carbonyl (C=O) groups excluding carboxylic acids is 3. The number of imide groups is 1. The van der Waals surface area contributed by atoms with Gasteiger partial charge in [-0.05, 0) is 42.3 Å². The van der Waals surface area contributed by atoms with Crippen molar-refractivity contribution < 1.29 is 28.6 Å². The summed E-state index contributed by atoms with van der Waals surface area (Å²) in [5, 5.41) is 2.77. The van der Waals surface area contributed by atoms with E-state index in [2.05, 4.69) is 5.32 Å². The number of urea groups is 1. The lowest BCUT2D eigenvalue weighted by molar-refractivity contribution is -0.131. The summed E-state index contributed by atoms with van der Waals surface area (Å²) in [5.74, 6) is 0.660. The molecule has 0 saturated carbocycles. The first-order chi connectivity index (χ1) is 14.4. The third kappa shape index (κ3) is 3.56. The number of hydrogen-bond donors (Lipinski definition) is 1. The van der Waals surface area contributed by atoms with Crippen LogP contribution in [0.1, 0.15) is 29.3 Å². The summed E-state index contributed by atoms with van der Waals surface area (Å²) in [6.07, 6.45) is 0.338. The van der Waals surface area contributed by atoms with E-state index in [1.807, 2.05) is 6.92 Å². The Bertz CT molecular complexity index is 972. The molecule has 3 rings (SSSR count). The van der Waals surface area contributed by atoms with E-state index < -0.39 is 17.5 Å². The molecule has 1 heterocycles. The first-order valence-electron chi connectivity index (χ1n) is 9.44. The van der Waals surface area contributed by atoms with Gasteiger partial charge in [0.25, 0.3) is 5.91 Å². The fourth-order valence-corrected chi connectivity index (χ4v) is 3.53. The van der Waals surface area contributed by atoms with Crippen molar-refractivity contribution in [1.82, 2.24) is 10.2 Å². The van der Waals surface area contributed by atoms with E-state index in [1.165, 1.54) is 20.3 Å². The van der Waals surface area contributed by atoms with Crippen LogP contribution in [-0.4, -0.2) is 50.5 Å². The van der Waals surface area contributed by atoms with Crippen LogP contribution in [-0.2, 0) is 10.3 Å². The zero-order chi connectivity index (χ0) is 21.9. The van der Waals surface area contributed by atoms with Crippen molar-refractivity contribution in [3.63, 3.8) is 0 Å². The van der Waals surface area contributed by atoms with Gasteiger partial charge in [0.2, 0.25) is 0 Å². The molecule has 1 aliphatic rings. The molecule has 0 bridgehead atoms. The van der Waals surface area contributed by atoms with Crippen molar-refractivity contribution in [3.05, 3.63) is 53.6 Å². The van der Waals surface area contributed by atoms with Gasteiger partial charge >= 0.3 is 6.03 Å². The maximum Gasteiger partial charge on any atom is 0.325 e. The number of ether oxygens (including phenoxy) is 3. The van der Waals surface area contributed by atoms with E-state index in [9.17, 15) is 14.4 Å². The molecule has 8 heteroatoms. The Morgan fingerprint density at radius 3 is 2.20 bits per heavy atom. The standard InChI is InChI=1S/C22H24N2O6/c1-5-22(15-7-9-16(28-2)10-8-15)20(26)24(21(27)23-22)13-17(25)14-6-11-18(29-3)19(12-14)30-4/h6-12H,5,13H2,1-4H3,(H,23,27)/t22-/m1/s1. The first-order valence-corrected chi connectivity index (χ1v) is 9.44. The minimum Gasteiger partial charge on any atom is -0.497 e. The van der Waals surface area contributed by atoms with Gasteiger partial charge in [0, 0.05) is 5.56 Å². The number of ketones is 1.